The highest BCUT2D eigenvalue weighted by Gasteiger charge is 2.14. The van der Waals surface area contributed by atoms with Gasteiger partial charge in [0, 0.05) is 6.61 Å². The monoisotopic (exact) mass is 364 g/mol. The Kier molecular flexibility index (Phi) is 7.58. The minimum absolute atomic E-state index is 0.0190. The van der Waals surface area contributed by atoms with Crippen molar-refractivity contribution in [1.29, 1.82) is 0 Å². The average molecular weight is 364 g/mol. The lowest BCUT2D eigenvalue weighted by Gasteiger charge is -2.08. The normalized spacial score (nSPS) is 11.6. The summed E-state index contributed by atoms with van der Waals surface area (Å²) in [4.78, 5) is 0.154. The smallest absolute Gasteiger partial charge is 0.297 e. The second kappa shape index (κ2) is 9.68. The van der Waals surface area contributed by atoms with Crippen molar-refractivity contribution in [1.82, 2.24) is 0 Å². The molecule has 0 aliphatic heterocycles. The maximum Gasteiger partial charge on any atom is 0.297 e. The van der Waals surface area contributed by atoms with Gasteiger partial charge < -0.3 is 9.47 Å². The molecular weight excluding hydrogens is 340 g/mol. The first kappa shape index (κ1) is 19.6. The van der Waals surface area contributed by atoms with E-state index in [9.17, 15) is 8.42 Å². The molecular formula is C19H24O5S. The van der Waals surface area contributed by atoms with E-state index in [1.165, 1.54) is 12.1 Å². The standard InChI is InChI=1S/C19H24O5S/c1-3-22-14-17-5-4-6-18(13-17)15-23-11-12-24-25(20,21)19-9-7-16(2)8-10-19/h4-10,13H,3,11-12,14-15H2,1-2H3. The second-order valence-electron chi connectivity index (χ2n) is 5.60. The SMILES string of the molecule is CCOCc1cccc(COCCOS(=O)(=O)c2ccc(C)cc2)c1. The van der Waals surface area contributed by atoms with Crippen LogP contribution in [-0.2, 0) is 37.0 Å². The van der Waals surface area contributed by atoms with E-state index in [0.29, 0.717) is 19.8 Å². The first-order valence-electron chi connectivity index (χ1n) is 8.20. The fourth-order valence-electron chi connectivity index (χ4n) is 2.19. The van der Waals surface area contributed by atoms with Crippen molar-refractivity contribution in [3.05, 3.63) is 65.2 Å². The van der Waals surface area contributed by atoms with Crippen molar-refractivity contribution >= 4 is 10.1 Å². The third-order valence-corrected chi connectivity index (χ3v) is 4.84. The van der Waals surface area contributed by atoms with Gasteiger partial charge in [0.15, 0.2) is 0 Å². The number of ether oxygens (including phenoxy) is 2. The van der Waals surface area contributed by atoms with Gasteiger partial charge in [-0.15, -0.1) is 0 Å². The molecule has 0 aliphatic rings. The molecule has 0 amide bonds. The molecule has 0 heterocycles. The molecule has 0 saturated carbocycles. The molecule has 25 heavy (non-hydrogen) atoms. The zero-order chi connectivity index (χ0) is 18.1. The van der Waals surface area contributed by atoms with Crippen LogP contribution in [0.2, 0.25) is 0 Å². The third kappa shape index (κ3) is 6.59. The third-order valence-electron chi connectivity index (χ3n) is 3.51. The van der Waals surface area contributed by atoms with Crippen molar-refractivity contribution in [3.8, 4) is 0 Å². The van der Waals surface area contributed by atoms with Gasteiger partial charge in [0.1, 0.15) is 0 Å². The first-order valence-corrected chi connectivity index (χ1v) is 9.61. The number of hydrogen-bond donors (Lipinski definition) is 0. The quantitative estimate of drug-likeness (QED) is 0.477. The minimum atomic E-state index is -3.74. The molecule has 0 fully saturated rings. The van der Waals surface area contributed by atoms with E-state index in [0.717, 1.165) is 16.7 Å². The Balaban J connectivity index is 1.75. The van der Waals surface area contributed by atoms with Crippen molar-refractivity contribution in [2.45, 2.75) is 32.0 Å². The predicted octanol–water partition coefficient (Wildman–Crippen LogP) is 3.45. The van der Waals surface area contributed by atoms with Crippen molar-refractivity contribution in [2.75, 3.05) is 19.8 Å². The molecule has 0 aromatic heterocycles. The maximum atomic E-state index is 12.0. The van der Waals surface area contributed by atoms with Crippen LogP contribution in [-0.4, -0.2) is 28.2 Å². The van der Waals surface area contributed by atoms with Gasteiger partial charge in [-0.25, -0.2) is 0 Å². The molecule has 0 spiro atoms. The van der Waals surface area contributed by atoms with Crippen molar-refractivity contribution in [2.24, 2.45) is 0 Å². The van der Waals surface area contributed by atoms with Gasteiger partial charge in [-0.05, 0) is 37.1 Å². The van der Waals surface area contributed by atoms with Gasteiger partial charge in [0.2, 0.25) is 0 Å². The summed E-state index contributed by atoms with van der Waals surface area (Å²) in [6.45, 7) is 5.67. The van der Waals surface area contributed by atoms with E-state index in [1.807, 2.05) is 38.1 Å². The summed E-state index contributed by atoms with van der Waals surface area (Å²) in [5, 5.41) is 0. The lowest BCUT2D eigenvalue weighted by Crippen LogP contribution is -2.11. The Morgan fingerprint density at radius 1 is 0.880 bits per heavy atom. The van der Waals surface area contributed by atoms with Crippen LogP contribution in [0, 0.1) is 6.92 Å². The molecule has 0 saturated heterocycles. The molecule has 0 unspecified atom stereocenters. The topological polar surface area (TPSA) is 61.8 Å². The molecule has 2 rings (SSSR count). The van der Waals surface area contributed by atoms with Crippen LogP contribution < -0.4 is 0 Å². The molecule has 6 heteroatoms. The van der Waals surface area contributed by atoms with E-state index in [1.54, 1.807) is 12.1 Å². The molecule has 0 atom stereocenters. The molecule has 0 aliphatic carbocycles. The summed E-state index contributed by atoms with van der Waals surface area (Å²) in [5.74, 6) is 0. The van der Waals surface area contributed by atoms with Crippen LogP contribution in [0.25, 0.3) is 0 Å². The van der Waals surface area contributed by atoms with Crippen LogP contribution in [0.5, 0.6) is 0 Å². The summed E-state index contributed by atoms with van der Waals surface area (Å²) in [5.41, 5.74) is 3.09. The van der Waals surface area contributed by atoms with Crippen molar-refractivity contribution < 1.29 is 22.1 Å². The van der Waals surface area contributed by atoms with Gasteiger partial charge >= 0.3 is 0 Å². The number of benzene rings is 2. The summed E-state index contributed by atoms with van der Waals surface area (Å²) in [6.07, 6.45) is 0. The highest BCUT2D eigenvalue weighted by Crippen LogP contribution is 2.13. The number of hydrogen-bond acceptors (Lipinski definition) is 5. The van der Waals surface area contributed by atoms with Gasteiger partial charge in [-0.3, -0.25) is 4.18 Å². The van der Waals surface area contributed by atoms with Gasteiger partial charge in [0.05, 0.1) is 31.3 Å². The molecule has 0 radical (unpaired) electrons. The second-order valence-corrected chi connectivity index (χ2v) is 7.21. The van der Waals surface area contributed by atoms with Crippen molar-refractivity contribution in [3.63, 3.8) is 0 Å². The van der Waals surface area contributed by atoms with Crippen LogP contribution in [0.3, 0.4) is 0 Å². The molecule has 0 bridgehead atoms. The van der Waals surface area contributed by atoms with E-state index in [4.69, 9.17) is 13.7 Å². The van der Waals surface area contributed by atoms with Crippen LogP contribution in [0.4, 0.5) is 0 Å². The molecule has 0 N–H and O–H groups in total. The van der Waals surface area contributed by atoms with E-state index < -0.39 is 10.1 Å². The predicted molar refractivity (Wildman–Crippen MR) is 95.7 cm³/mol. The average Bonchev–Trinajstić information content (AvgIpc) is 2.60. The lowest BCUT2D eigenvalue weighted by atomic mass is 10.1. The molecule has 5 nitrogen and oxygen atoms in total. The number of aryl methyl sites for hydroxylation is 1. The van der Waals surface area contributed by atoms with Crippen LogP contribution in [0.15, 0.2) is 53.4 Å². The minimum Gasteiger partial charge on any atom is -0.377 e. The largest absolute Gasteiger partial charge is 0.377 e. The molecule has 2 aromatic rings. The highest BCUT2D eigenvalue weighted by atomic mass is 32.2. The molecule has 136 valence electrons. The molecule has 2 aromatic carbocycles. The Labute approximate surface area is 149 Å². The zero-order valence-corrected chi connectivity index (χ0v) is 15.4. The Bertz CT molecular complexity index is 754. The Hall–Kier alpha value is -1.73. The Morgan fingerprint density at radius 2 is 1.52 bits per heavy atom. The fourth-order valence-corrected chi connectivity index (χ4v) is 3.09. The highest BCUT2D eigenvalue weighted by molar-refractivity contribution is 7.86. The fraction of sp³-hybridized carbons (Fsp3) is 0.368. The summed E-state index contributed by atoms with van der Waals surface area (Å²) in [6, 6.07) is 14.5. The van der Waals surface area contributed by atoms with Gasteiger partial charge in [0.25, 0.3) is 10.1 Å². The number of rotatable bonds is 10. The maximum absolute atomic E-state index is 12.0. The summed E-state index contributed by atoms with van der Waals surface area (Å²) in [7, 11) is -3.74. The summed E-state index contributed by atoms with van der Waals surface area (Å²) < 4.78 is 39.9. The van der Waals surface area contributed by atoms with Crippen LogP contribution >= 0.6 is 0 Å². The summed E-state index contributed by atoms with van der Waals surface area (Å²) >= 11 is 0. The van der Waals surface area contributed by atoms with Gasteiger partial charge in [-0.1, -0.05) is 42.0 Å². The van der Waals surface area contributed by atoms with E-state index >= 15 is 0 Å². The van der Waals surface area contributed by atoms with E-state index in [2.05, 4.69) is 0 Å². The van der Waals surface area contributed by atoms with Crippen LogP contribution in [0.1, 0.15) is 23.6 Å². The lowest BCUT2D eigenvalue weighted by molar-refractivity contribution is 0.0905. The van der Waals surface area contributed by atoms with E-state index in [-0.39, 0.29) is 18.1 Å². The zero-order valence-electron chi connectivity index (χ0n) is 14.6. The van der Waals surface area contributed by atoms with Gasteiger partial charge in [-0.2, -0.15) is 8.42 Å². The first-order chi connectivity index (χ1) is 12.0. The Morgan fingerprint density at radius 3 is 2.16 bits per heavy atom.